The van der Waals surface area contributed by atoms with Gasteiger partial charge in [-0.2, -0.15) is 0 Å². The van der Waals surface area contributed by atoms with Crippen molar-refractivity contribution in [1.82, 2.24) is 15.1 Å². The summed E-state index contributed by atoms with van der Waals surface area (Å²) in [5.41, 5.74) is 2.68. The van der Waals surface area contributed by atoms with Crippen LogP contribution in [0.15, 0.2) is 48.5 Å². The van der Waals surface area contributed by atoms with E-state index in [1.165, 1.54) is 17.7 Å². The summed E-state index contributed by atoms with van der Waals surface area (Å²) in [5, 5.41) is 2.89. The van der Waals surface area contributed by atoms with E-state index < -0.39 is 5.82 Å². The molecule has 0 unspecified atom stereocenters. The van der Waals surface area contributed by atoms with Gasteiger partial charge in [0.2, 0.25) is 0 Å². The highest BCUT2D eigenvalue weighted by Gasteiger charge is 2.15. The molecule has 5 heteroatoms. The first-order valence-corrected chi connectivity index (χ1v) is 8.63. The minimum Gasteiger partial charge on any atom is -0.348 e. The Morgan fingerprint density at radius 1 is 1.04 bits per heavy atom. The lowest BCUT2D eigenvalue weighted by molar-refractivity contribution is 0.0950. The fourth-order valence-electron chi connectivity index (χ4n) is 3.04. The van der Waals surface area contributed by atoms with Crippen LogP contribution in [0.4, 0.5) is 4.39 Å². The quantitative estimate of drug-likeness (QED) is 0.908. The molecule has 0 radical (unpaired) electrons. The second-order valence-electron chi connectivity index (χ2n) is 6.54. The molecule has 0 aliphatic carbocycles. The first-order chi connectivity index (χ1) is 12.1. The van der Waals surface area contributed by atoms with E-state index in [0.29, 0.717) is 12.1 Å². The molecule has 1 saturated heterocycles. The third-order valence-corrected chi connectivity index (χ3v) is 4.63. The number of hydrogen-bond donors (Lipinski definition) is 1. The van der Waals surface area contributed by atoms with Crippen LogP contribution >= 0.6 is 0 Å². The van der Waals surface area contributed by atoms with Crippen molar-refractivity contribution >= 4 is 5.91 Å². The van der Waals surface area contributed by atoms with Crippen LogP contribution in [0.5, 0.6) is 0 Å². The molecule has 25 heavy (non-hydrogen) atoms. The van der Waals surface area contributed by atoms with Gasteiger partial charge in [-0.3, -0.25) is 9.69 Å². The number of nitrogens with one attached hydrogen (secondary N) is 1. The van der Waals surface area contributed by atoms with Crippen LogP contribution in [0.3, 0.4) is 0 Å². The Kier molecular flexibility index (Phi) is 5.79. The zero-order valence-electron chi connectivity index (χ0n) is 14.5. The summed E-state index contributed by atoms with van der Waals surface area (Å²) < 4.78 is 13.3. The Hall–Kier alpha value is -2.24. The monoisotopic (exact) mass is 341 g/mol. The maximum absolute atomic E-state index is 13.3. The first-order valence-electron chi connectivity index (χ1n) is 8.63. The molecule has 2 aromatic rings. The minimum absolute atomic E-state index is 0.256. The van der Waals surface area contributed by atoms with E-state index in [0.717, 1.165) is 38.3 Å². The van der Waals surface area contributed by atoms with Crippen molar-refractivity contribution in [2.24, 2.45) is 0 Å². The molecule has 132 valence electrons. The lowest BCUT2D eigenvalue weighted by Crippen LogP contribution is -2.44. The van der Waals surface area contributed by atoms with E-state index in [-0.39, 0.29) is 5.91 Å². The van der Waals surface area contributed by atoms with Crippen molar-refractivity contribution in [2.75, 3.05) is 33.2 Å². The van der Waals surface area contributed by atoms with Crippen molar-refractivity contribution in [2.45, 2.75) is 13.1 Å². The van der Waals surface area contributed by atoms with E-state index in [9.17, 15) is 9.18 Å². The number of carbonyl (C=O) groups is 1. The molecule has 3 rings (SSSR count). The van der Waals surface area contributed by atoms with Crippen LogP contribution in [-0.2, 0) is 13.1 Å². The third kappa shape index (κ3) is 4.87. The number of nitrogens with zero attached hydrogens (tertiary/aromatic N) is 2. The Balaban J connectivity index is 1.62. The molecule has 0 atom stereocenters. The average molecular weight is 341 g/mol. The number of piperazine rings is 1. The largest absolute Gasteiger partial charge is 0.348 e. The van der Waals surface area contributed by atoms with Crippen LogP contribution in [0.1, 0.15) is 21.5 Å². The van der Waals surface area contributed by atoms with Gasteiger partial charge in [-0.1, -0.05) is 30.3 Å². The fraction of sp³-hybridized carbons (Fsp3) is 0.350. The summed E-state index contributed by atoms with van der Waals surface area (Å²) in [7, 11) is 2.15. The molecule has 4 nitrogen and oxygen atoms in total. The van der Waals surface area contributed by atoms with Gasteiger partial charge in [0.15, 0.2) is 0 Å². The maximum Gasteiger partial charge on any atom is 0.251 e. The highest BCUT2D eigenvalue weighted by molar-refractivity contribution is 5.94. The Bertz CT molecular complexity index is 726. The van der Waals surface area contributed by atoms with Gasteiger partial charge >= 0.3 is 0 Å². The van der Waals surface area contributed by atoms with Gasteiger partial charge in [0.1, 0.15) is 5.82 Å². The van der Waals surface area contributed by atoms with Gasteiger partial charge < -0.3 is 10.2 Å². The lowest BCUT2D eigenvalue weighted by Gasteiger charge is -2.32. The normalized spacial score (nSPS) is 15.9. The molecule has 1 amide bonds. The Morgan fingerprint density at radius 3 is 2.48 bits per heavy atom. The van der Waals surface area contributed by atoms with E-state index >= 15 is 0 Å². The number of amides is 1. The highest BCUT2D eigenvalue weighted by atomic mass is 19.1. The van der Waals surface area contributed by atoms with Crippen LogP contribution in [0, 0.1) is 5.82 Å². The summed E-state index contributed by atoms with van der Waals surface area (Å²) >= 11 is 0. The van der Waals surface area contributed by atoms with Crippen LogP contribution in [-0.4, -0.2) is 48.9 Å². The van der Waals surface area contributed by atoms with Gasteiger partial charge in [0, 0.05) is 44.8 Å². The molecule has 0 aromatic heterocycles. The van der Waals surface area contributed by atoms with Crippen molar-refractivity contribution in [3.63, 3.8) is 0 Å². The summed E-state index contributed by atoms with van der Waals surface area (Å²) in [5.74, 6) is -0.656. The smallest absolute Gasteiger partial charge is 0.251 e. The predicted molar refractivity (Wildman–Crippen MR) is 96.8 cm³/mol. The highest BCUT2D eigenvalue weighted by Crippen LogP contribution is 2.14. The standard InChI is InChI=1S/C20H24FN3O/c1-23-9-11-24(12-10-23)15-18-6-3-2-5-17(18)14-22-20(25)16-7-4-8-19(21)13-16/h2-8,13H,9-12,14-15H2,1H3,(H,22,25). The molecule has 0 bridgehead atoms. The van der Waals surface area contributed by atoms with Crippen molar-refractivity contribution < 1.29 is 9.18 Å². The van der Waals surface area contributed by atoms with E-state index in [2.05, 4.69) is 28.2 Å². The number of hydrogen-bond acceptors (Lipinski definition) is 3. The number of benzene rings is 2. The molecule has 1 N–H and O–H groups in total. The molecule has 1 heterocycles. The molecule has 0 spiro atoms. The maximum atomic E-state index is 13.3. The summed E-state index contributed by atoms with van der Waals surface area (Å²) in [6, 6.07) is 13.9. The number of carbonyl (C=O) groups excluding carboxylic acids is 1. The molecular weight excluding hydrogens is 317 g/mol. The van der Waals surface area contributed by atoms with Gasteiger partial charge in [-0.15, -0.1) is 0 Å². The average Bonchev–Trinajstić information content (AvgIpc) is 2.62. The van der Waals surface area contributed by atoms with Crippen molar-refractivity contribution in [3.8, 4) is 0 Å². The second-order valence-corrected chi connectivity index (χ2v) is 6.54. The van der Waals surface area contributed by atoms with E-state index in [1.54, 1.807) is 12.1 Å². The number of likely N-dealkylation sites (N-methyl/N-ethyl adjacent to an activating group) is 1. The molecule has 1 fully saturated rings. The predicted octanol–water partition coefficient (Wildman–Crippen LogP) is 2.50. The second kappa shape index (κ2) is 8.23. The Labute approximate surface area is 148 Å². The summed E-state index contributed by atoms with van der Waals surface area (Å²) in [6.45, 7) is 5.61. The summed E-state index contributed by atoms with van der Waals surface area (Å²) in [4.78, 5) is 17.0. The van der Waals surface area contributed by atoms with E-state index in [1.807, 2.05) is 18.2 Å². The van der Waals surface area contributed by atoms with Gasteiger partial charge in [-0.05, 0) is 36.4 Å². The topological polar surface area (TPSA) is 35.6 Å². The zero-order chi connectivity index (χ0) is 17.6. The van der Waals surface area contributed by atoms with Gasteiger partial charge in [0.05, 0.1) is 0 Å². The van der Waals surface area contributed by atoms with Gasteiger partial charge in [-0.25, -0.2) is 4.39 Å². The SMILES string of the molecule is CN1CCN(Cc2ccccc2CNC(=O)c2cccc(F)c2)CC1. The third-order valence-electron chi connectivity index (χ3n) is 4.63. The first kappa shape index (κ1) is 17.6. The number of rotatable bonds is 5. The van der Waals surface area contributed by atoms with E-state index in [4.69, 9.17) is 0 Å². The zero-order valence-corrected chi connectivity index (χ0v) is 14.5. The molecular formula is C20H24FN3O. The van der Waals surface area contributed by atoms with Crippen molar-refractivity contribution in [1.29, 1.82) is 0 Å². The molecule has 1 aliphatic rings. The van der Waals surface area contributed by atoms with Crippen LogP contribution in [0.2, 0.25) is 0 Å². The van der Waals surface area contributed by atoms with Crippen LogP contribution in [0.25, 0.3) is 0 Å². The Morgan fingerprint density at radius 2 is 1.76 bits per heavy atom. The fourth-order valence-corrected chi connectivity index (χ4v) is 3.04. The molecule has 2 aromatic carbocycles. The number of halogens is 1. The molecule has 1 aliphatic heterocycles. The lowest BCUT2D eigenvalue weighted by atomic mass is 10.1. The summed E-state index contributed by atoms with van der Waals surface area (Å²) in [6.07, 6.45) is 0. The van der Waals surface area contributed by atoms with Crippen LogP contribution < -0.4 is 5.32 Å². The minimum atomic E-state index is -0.400. The van der Waals surface area contributed by atoms with Crippen molar-refractivity contribution in [3.05, 3.63) is 71.0 Å². The van der Waals surface area contributed by atoms with Gasteiger partial charge in [0.25, 0.3) is 5.91 Å². The molecule has 0 saturated carbocycles.